The van der Waals surface area contributed by atoms with E-state index in [2.05, 4.69) is 219 Å². The summed E-state index contributed by atoms with van der Waals surface area (Å²) >= 11 is 1.89. The summed E-state index contributed by atoms with van der Waals surface area (Å²) in [7, 11) is 0. The van der Waals surface area contributed by atoms with Crippen molar-refractivity contribution in [2.24, 2.45) is 0 Å². The normalized spacial score (nSPS) is 13.1. The lowest BCUT2D eigenvalue weighted by Crippen LogP contribution is -2.16. The summed E-state index contributed by atoms with van der Waals surface area (Å²) < 4.78 is 2.58. The van der Waals surface area contributed by atoms with Crippen LogP contribution in [-0.4, -0.2) is 0 Å². The molecule has 1 aliphatic rings. The van der Waals surface area contributed by atoms with Crippen LogP contribution in [0.25, 0.3) is 85.9 Å². The van der Waals surface area contributed by atoms with Gasteiger partial charge in [0.2, 0.25) is 0 Å². The minimum Gasteiger partial charge on any atom is -0.309 e. The van der Waals surface area contributed by atoms with Crippen LogP contribution in [0.1, 0.15) is 25.0 Å². The van der Waals surface area contributed by atoms with E-state index in [1.54, 1.807) is 0 Å². The molecule has 1 nitrogen and oxygen atoms in total. The Balaban J connectivity index is 1.17. The number of fused-ring (bicyclic) bond motifs is 10. The van der Waals surface area contributed by atoms with Gasteiger partial charge in [-0.1, -0.05) is 159 Å². The Morgan fingerprint density at radius 1 is 0.373 bits per heavy atom. The van der Waals surface area contributed by atoms with Crippen molar-refractivity contribution in [2.75, 3.05) is 4.90 Å². The molecule has 0 amide bonds. The fourth-order valence-electron chi connectivity index (χ4n) is 9.89. The maximum atomic E-state index is 2.54. The van der Waals surface area contributed by atoms with E-state index in [0.29, 0.717) is 0 Å². The molecule has 0 bridgehead atoms. The number of anilines is 3. The van der Waals surface area contributed by atoms with Crippen molar-refractivity contribution in [2.45, 2.75) is 19.3 Å². The van der Waals surface area contributed by atoms with Crippen LogP contribution in [-0.2, 0) is 5.41 Å². The largest absolute Gasteiger partial charge is 0.309 e. The van der Waals surface area contributed by atoms with Gasteiger partial charge in [-0.2, -0.15) is 0 Å². The number of hydrogen-bond donors (Lipinski definition) is 0. The molecule has 2 heteroatoms. The Kier molecular flexibility index (Phi) is 7.51. The van der Waals surface area contributed by atoms with Crippen molar-refractivity contribution in [1.29, 1.82) is 0 Å². The van der Waals surface area contributed by atoms with E-state index in [-0.39, 0.29) is 5.41 Å². The highest BCUT2D eigenvalue weighted by molar-refractivity contribution is 7.26. The zero-order valence-electron chi connectivity index (χ0n) is 32.9. The molecule has 0 fully saturated rings. The van der Waals surface area contributed by atoms with E-state index in [1.165, 1.54) is 103 Å². The van der Waals surface area contributed by atoms with Gasteiger partial charge >= 0.3 is 0 Å². The number of hydrogen-bond acceptors (Lipinski definition) is 2. The van der Waals surface area contributed by atoms with Crippen LogP contribution in [0.3, 0.4) is 0 Å². The smallest absolute Gasteiger partial charge is 0.0640 e. The number of rotatable bonds is 5. The van der Waals surface area contributed by atoms with E-state index in [9.17, 15) is 0 Å². The Labute approximate surface area is 348 Å². The summed E-state index contributed by atoms with van der Waals surface area (Å²) in [6.45, 7) is 4.75. The van der Waals surface area contributed by atoms with Crippen molar-refractivity contribution in [3.05, 3.63) is 211 Å². The summed E-state index contributed by atoms with van der Waals surface area (Å²) in [6.07, 6.45) is 0. The lowest BCUT2D eigenvalue weighted by Gasteiger charge is -2.29. The molecule has 0 atom stereocenters. The van der Waals surface area contributed by atoms with Crippen LogP contribution in [0, 0.1) is 0 Å². The molecule has 0 radical (unpaired) electrons. The highest BCUT2D eigenvalue weighted by Gasteiger charge is 2.36. The van der Waals surface area contributed by atoms with Crippen LogP contribution >= 0.6 is 11.3 Å². The van der Waals surface area contributed by atoms with Crippen LogP contribution in [0.2, 0.25) is 0 Å². The van der Waals surface area contributed by atoms with Gasteiger partial charge in [0.25, 0.3) is 0 Å². The molecule has 0 spiro atoms. The minimum atomic E-state index is -0.140. The molecule has 59 heavy (non-hydrogen) atoms. The van der Waals surface area contributed by atoms with Gasteiger partial charge in [0.05, 0.1) is 10.4 Å². The topological polar surface area (TPSA) is 3.24 Å². The third-order valence-electron chi connectivity index (χ3n) is 12.8. The highest BCUT2D eigenvalue weighted by atomic mass is 32.1. The average Bonchev–Trinajstić information content (AvgIpc) is 3.78. The van der Waals surface area contributed by atoms with Crippen molar-refractivity contribution in [3.8, 4) is 33.4 Å². The molecule has 1 heterocycles. The molecule has 278 valence electrons. The summed E-state index contributed by atoms with van der Waals surface area (Å²) in [6, 6.07) is 74.7. The van der Waals surface area contributed by atoms with E-state index >= 15 is 0 Å². The molecule has 11 aromatic rings. The van der Waals surface area contributed by atoms with Crippen molar-refractivity contribution >= 4 is 80.9 Å². The summed E-state index contributed by atoms with van der Waals surface area (Å²) in [5, 5.41) is 10.1. The van der Waals surface area contributed by atoms with E-state index in [4.69, 9.17) is 0 Å². The van der Waals surface area contributed by atoms with Crippen molar-refractivity contribution in [1.82, 2.24) is 0 Å². The lowest BCUT2D eigenvalue weighted by molar-refractivity contribution is 0.660. The summed E-state index contributed by atoms with van der Waals surface area (Å²) in [4.78, 5) is 2.54. The maximum Gasteiger partial charge on any atom is 0.0640 e. The fourth-order valence-corrected chi connectivity index (χ4v) is 11.1. The molecule has 0 saturated carbocycles. The molecule has 0 unspecified atom stereocenters. The highest BCUT2D eigenvalue weighted by Crippen LogP contribution is 2.52. The predicted octanol–water partition coefficient (Wildman–Crippen LogP) is 16.6. The third-order valence-corrected chi connectivity index (χ3v) is 14.0. The quantitative estimate of drug-likeness (QED) is 0.158. The molecule has 1 aliphatic carbocycles. The van der Waals surface area contributed by atoms with Gasteiger partial charge in [0.1, 0.15) is 0 Å². The molecule has 0 saturated heterocycles. The third kappa shape index (κ3) is 5.30. The summed E-state index contributed by atoms with van der Waals surface area (Å²) in [5.74, 6) is 0. The van der Waals surface area contributed by atoms with Gasteiger partial charge in [0.15, 0.2) is 0 Å². The second kappa shape index (κ2) is 13.0. The SMILES string of the molecule is CC1(C)c2ccccc2-c2ccc(N(c3cc(-c4ccc5ccccc5c4)cc(-c4cc5ccccc5c5ccccc45)c3)c3cccc4c3sc3ccccc34)cc21. The molecule has 1 aromatic heterocycles. The minimum absolute atomic E-state index is 0.140. The molecule has 10 aromatic carbocycles. The van der Waals surface area contributed by atoms with Gasteiger partial charge in [-0.05, 0) is 131 Å². The molecule has 0 N–H and O–H groups in total. The van der Waals surface area contributed by atoms with E-state index < -0.39 is 0 Å². The van der Waals surface area contributed by atoms with Gasteiger partial charge in [-0.3, -0.25) is 0 Å². The zero-order chi connectivity index (χ0) is 39.2. The Hall–Kier alpha value is -7.00. The monoisotopic (exact) mass is 769 g/mol. The Morgan fingerprint density at radius 3 is 1.93 bits per heavy atom. The molecular formula is C57H39NS. The number of thiophene rings is 1. The molecule has 12 rings (SSSR count). The fraction of sp³-hybridized carbons (Fsp3) is 0.0526. The van der Waals surface area contributed by atoms with Crippen molar-refractivity contribution in [3.63, 3.8) is 0 Å². The first-order chi connectivity index (χ1) is 29.0. The Morgan fingerprint density at radius 2 is 1.05 bits per heavy atom. The van der Waals surface area contributed by atoms with Crippen LogP contribution in [0.15, 0.2) is 200 Å². The van der Waals surface area contributed by atoms with Gasteiger partial charge in [-0.15, -0.1) is 11.3 Å². The summed E-state index contributed by atoms with van der Waals surface area (Å²) in [5.41, 5.74) is 13.5. The molecular weight excluding hydrogens is 731 g/mol. The maximum absolute atomic E-state index is 2.54. The molecule has 0 aliphatic heterocycles. The second-order valence-corrected chi connectivity index (χ2v) is 17.6. The first-order valence-corrected chi connectivity index (χ1v) is 21.3. The van der Waals surface area contributed by atoms with Crippen LogP contribution in [0.4, 0.5) is 17.1 Å². The van der Waals surface area contributed by atoms with Gasteiger partial charge in [-0.25, -0.2) is 0 Å². The van der Waals surface area contributed by atoms with Crippen LogP contribution in [0.5, 0.6) is 0 Å². The average molecular weight is 770 g/mol. The Bertz CT molecular complexity index is 3500. The van der Waals surface area contributed by atoms with Gasteiger partial charge in [0, 0.05) is 32.3 Å². The van der Waals surface area contributed by atoms with E-state index in [0.717, 1.165) is 11.4 Å². The van der Waals surface area contributed by atoms with Crippen molar-refractivity contribution < 1.29 is 0 Å². The van der Waals surface area contributed by atoms with Gasteiger partial charge < -0.3 is 4.90 Å². The van der Waals surface area contributed by atoms with Crippen LogP contribution < -0.4 is 4.90 Å². The first-order valence-electron chi connectivity index (χ1n) is 20.5. The number of nitrogens with zero attached hydrogens (tertiary/aromatic N) is 1. The zero-order valence-corrected chi connectivity index (χ0v) is 33.7. The predicted molar refractivity (Wildman–Crippen MR) is 255 cm³/mol. The number of benzene rings is 10. The first kappa shape index (κ1) is 34.1. The second-order valence-electron chi connectivity index (χ2n) is 16.5. The lowest BCUT2D eigenvalue weighted by atomic mass is 9.82. The van der Waals surface area contributed by atoms with E-state index in [1.807, 2.05) is 11.3 Å². The standard InChI is InChI=1S/C57H39NS/c1-57(2)52-23-11-9-20-47(52)48-29-28-42(35-53(48)57)58(54-24-13-22-50-49-21-10-12-25-55(49)59-56(50)54)43-32-40(38-27-26-36-14-3-4-15-37(36)30-38)31-41(33-43)51-34-39-16-5-6-17-44(39)45-18-7-8-19-46(45)51/h3-35H,1-2H3.